The summed E-state index contributed by atoms with van der Waals surface area (Å²) in [7, 11) is 0. The second-order valence-corrected chi connectivity index (χ2v) is 8.43. The first kappa shape index (κ1) is 19.0. The first-order chi connectivity index (χ1) is 14.8. The van der Waals surface area contributed by atoms with Gasteiger partial charge in [-0.25, -0.2) is 0 Å². The number of nitrogens with one attached hydrogen (secondary N) is 1. The number of likely N-dealkylation sites (tertiary alicyclic amines) is 1. The Labute approximate surface area is 178 Å². The molecule has 0 spiro atoms. The Kier molecular flexibility index (Phi) is 5.33. The Morgan fingerprint density at radius 2 is 1.77 bits per heavy atom. The number of benzene rings is 2. The molecule has 2 aliphatic heterocycles. The van der Waals surface area contributed by atoms with Crippen molar-refractivity contribution in [3.63, 3.8) is 0 Å². The molecule has 0 saturated carbocycles. The summed E-state index contributed by atoms with van der Waals surface area (Å²) in [5.41, 5.74) is 7.36. The fourth-order valence-electron chi connectivity index (χ4n) is 4.79. The largest absolute Gasteiger partial charge is 0.326 e. The molecular weight excluding hydrogens is 370 g/mol. The van der Waals surface area contributed by atoms with Gasteiger partial charge in [0.2, 0.25) is 5.91 Å². The standard InChI is InChI=1S/C26H27N3O/c30-25-10-9-22-7-4-8-24(26(22)28-25)21-11-13-29(14-12-21)18-19-15-23(17-27-16-19)20-5-2-1-3-6-20/h1-8,15-17,21H,9-14,18H2,(H,28,30). The van der Waals surface area contributed by atoms with Crippen molar-refractivity contribution in [2.45, 2.75) is 38.1 Å². The molecule has 30 heavy (non-hydrogen) atoms. The van der Waals surface area contributed by atoms with E-state index in [0.29, 0.717) is 12.3 Å². The number of nitrogens with zero attached hydrogens (tertiary/aromatic N) is 2. The van der Waals surface area contributed by atoms with Gasteiger partial charge in [-0.15, -0.1) is 0 Å². The van der Waals surface area contributed by atoms with Crippen LogP contribution in [0.5, 0.6) is 0 Å². The zero-order valence-electron chi connectivity index (χ0n) is 17.2. The average molecular weight is 398 g/mol. The Bertz CT molecular complexity index is 1040. The molecule has 0 aliphatic carbocycles. The first-order valence-corrected chi connectivity index (χ1v) is 10.9. The maximum Gasteiger partial charge on any atom is 0.224 e. The van der Waals surface area contributed by atoms with Crippen LogP contribution in [0.15, 0.2) is 67.0 Å². The second kappa shape index (κ2) is 8.41. The van der Waals surface area contributed by atoms with Crippen molar-refractivity contribution in [3.05, 3.63) is 83.7 Å². The maximum atomic E-state index is 11.9. The minimum atomic E-state index is 0.151. The number of hydrogen-bond acceptors (Lipinski definition) is 3. The van der Waals surface area contributed by atoms with E-state index in [1.54, 1.807) is 0 Å². The molecule has 3 aromatic rings. The van der Waals surface area contributed by atoms with Crippen LogP contribution in [0.3, 0.4) is 0 Å². The molecule has 0 bridgehead atoms. The number of para-hydroxylation sites is 1. The molecule has 1 aromatic heterocycles. The van der Waals surface area contributed by atoms with Gasteiger partial charge < -0.3 is 5.32 Å². The normalized spacial score (nSPS) is 17.4. The van der Waals surface area contributed by atoms with Crippen LogP contribution in [-0.2, 0) is 17.8 Å². The van der Waals surface area contributed by atoms with Crippen molar-refractivity contribution < 1.29 is 4.79 Å². The summed E-state index contributed by atoms with van der Waals surface area (Å²) >= 11 is 0. The molecule has 152 valence electrons. The van der Waals surface area contributed by atoms with Gasteiger partial charge in [0.25, 0.3) is 0 Å². The number of hydrogen-bond donors (Lipinski definition) is 1. The van der Waals surface area contributed by atoms with E-state index in [1.807, 2.05) is 18.5 Å². The lowest BCUT2D eigenvalue weighted by Crippen LogP contribution is -2.33. The molecule has 4 nitrogen and oxygen atoms in total. The van der Waals surface area contributed by atoms with Crippen LogP contribution in [0.2, 0.25) is 0 Å². The lowest BCUT2D eigenvalue weighted by atomic mass is 9.85. The Morgan fingerprint density at radius 1 is 0.933 bits per heavy atom. The molecular formula is C26H27N3O. The summed E-state index contributed by atoms with van der Waals surface area (Å²) in [6, 6.07) is 19.2. The number of fused-ring (bicyclic) bond motifs is 1. The molecule has 3 heterocycles. The lowest BCUT2D eigenvalue weighted by molar-refractivity contribution is -0.116. The summed E-state index contributed by atoms with van der Waals surface area (Å²) in [5.74, 6) is 0.668. The molecule has 0 radical (unpaired) electrons. The summed E-state index contributed by atoms with van der Waals surface area (Å²) in [4.78, 5) is 18.9. The number of pyridine rings is 1. The number of aryl methyl sites for hydroxylation is 1. The number of piperidine rings is 1. The summed E-state index contributed by atoms with van der Waals surface area (Å²) in [6.45, 7) is 3.07. The van der Waals surface area contributed by atoms with Crippen LogP contribution in [0.1, 0.15) is 41.9 Å². The monoisotopic (exact) mass is 397 g/mol. The minimum Gasteiger partial charge on any atom is -0.326 e. The van der Waals surface area contributed by atoms with Crippen molar-refractivity contribution in [1.29, 1.82) is 0 Å². The molecule has 2 aromatic carbocycles. The highest BCUT2D eigenvalue weighted by molar-refractivity contribution is 5.95. The Morgan fingerprint density at radius 3 is 2.60 bits per heavy atom. The first-order valence-electron chi connectivity index (χ1n) is 10.9. The molecule has 2 aliphatic rings. The fourth-order valence-corrected chi connectivity index (χ4v) is 4.79. The van der Waals surface area contributed by atoms with Gasteiger partial charge in [-0.3, -0.25) is 14.7 Å². The topological polar surface area (TPSA) is 45.2 Å². The van der Waals surface area contributed by atoms with Crippen molar-refractivity contribution in [2.75, 3.05) is 18.4 Å². The van der Waals surface area contributed by atoms with E-state index in [0.717, 1.165) is 44.6 Å². The second-order valence-electron chi connectivity index (χ2n) is 8.43. The summed E-state index contributed by atoms with van der Waals surface area (Å²) in [6.07, 6.45) is 7.64. The quantitative estimate of drug-likeness (QED) is 0.673. The highest BCUT2D eigenvalue weighted by atomic mass is 16.1. The van der Waals surface area contributed by atoms with E-state index in [-0.39, 0.29) is 5.91 Å². The van der Waals surface area contributed by atoms with Gasteiger partial charge in [0.15, 0.2) is 0 Å². The fraction of sp³-hybridized carbons (Fsp3) is 0.308. The number of carbonyl (C=O) groups is 1. The van der Waals surface area contributed by atoms with Gasteiger partial charge >= 0.3 is 0 Å². The van der Waals surface area contributed by atoms with Crippen LogP contribution >= 0.6 is 0 Å². The van der Waals surface area contributed by atoms with Crippen LogP contribution < -0.4 is 5.32 Å². The number of carbonyl (C=O) groups excluding carboxylic acids is 1. The molecule has 0 atom stereocenters. The third-order valence-electron chi connectivity index (χ3n) is 6.40. The van der Waals surface area contributed by atoms with Crippen LogP contribution in [0.25, 0.3) is 11.1 Å². The van der Waals surface area contributed by atoms with E-state index in [2.05, 4.69) is 63.7 Å². The number of rotatable bonds is 4. The van der Waals surface area contributed by atoms with E-state index < -0.39 is 0 Å². The average Bonchev–Trinajstić information content (AvgIpc) is 2.80. The third kappa shape index (κ3) is 4.01. The zero-order chi connectivity index (χ0) is 20.3. The number of anilines is 1. The van der Waals surface area contributed by atoms with Crippen molar-refractivity contribution in [2.24, 2.45) is 0 Å². The molecule has 1 saturated heterocycles. The van der Waals surface area contributed by atoms with E-state index in [1.165, 1.54) is 27.8 Å². The third-order valence-corrected chi connectivity index (χ3v) is 6.40. The Balaban J connectivity index is 1.25. The van der Waals surface area contributed by atoms with Crippen molar-refractivity contribution >= 4 is 11.6 Å². The number of aromatic nitrogens is 1. The van der Waals surface area contributed by atoms with E-state index in [4.69, 9.17) is 0 Å². The molecule has 1 amide bonds. The Hall–Kier alpha value is -2.98. The van der Waals surface area contributed by atoms with Crippen LogP contribution in [0.4, 0.5) is 5.69 Å². The number of amides is 1. The van der Waals surface area contributed by atoms with Crippen molar-refractivity contribution in [1.82, 2.24) is 9.88 Å². The highest BCUT2D eigenvalue weighted by Gasteiger charge is 2.26. The zero-order valence-corrected chi connectivity index (χ0v) is 17.2. The molecule has 0 unspecified atom stereocenters. The van der Waals surface area contributed by atoms with Crippen molar-refractivity contribution in [3.8, 4) is 11.1 Å². The molecule has 1 fully saturated rings. The van der Waals surface area contributed by atoms with Gasteiger partial charge in [0.1, 0.15) is 0 Å². The summed E-state index contributed by atoms with van der Waals surface area (Å²) in [5, 5.41) is 3.14. The maximum absolute atomic E-state index is 11.9. The summed E-state index contributed by atoms with van der Waals surface area (Å²) < 4.78 is 0. The smallest absolute Gasteiger partial charge is 0.224 e. The van der Waals surface area contributed by atoms with Gasteiger partial charge in [-0.05, 0) is 66.6 Å². The molecule has 4 heteroatoms. The predicted molar refractivity (Wildman–Crippen MR) is 120 cm³/mol. The van der Waals surface area contributed by atoms with Gasteiger partial charge in [0.05, 0.1) is 0 Å². The van der Waals surface area contributed by atoms with Gasteiger partial charge in [-0.2, -0.15) is 0 Å². The van der Waals surface area contributed by atoms with Gasteiger partial charge in [-0.1, -0.05) is 48.5 Å². The van der Waals surface area contributed by atoms with Gasteiger partial charge in [0, 0.05) is 36.6 Å². The SMILES string of the molecule is O=C1CCc2cccc(C3CCN(Cc4cncc(-c5ccccc5)c4)CC3)c2N1. The molecule has 1 N–H and O–H groups in total. The molecule has 5 rings (SSSR count). The van der Waals surface area contributed by atoms with Crippen LogP contribution in [-0.4, -0.2) is 28.9 Å². The van der Waals surface area contributed by atoms with E-state index >= 15 is 0 Å². The van der Waals surface area contributed by atoms with Crippen LogP contribution in [0, 0.1) is 0 Å². The lowest BCUT2D eigenvalue weighted by Gasteiger charge is -2.34. The predicted octanol–water partition coefficient (Wildman–Crippen LogP) is 5.01. The highest BCUT2D eigenvalue weighted by Crippen LogP contribution is 2.37. The minimum absolute atomic E-state index is 0.151. The van der Waals surface area contributed by atoms with E-state index in [9.17, 15) is 4.79 Å².